The topological polar surface area (TPSA) is 38.3 Å². The Morgan fingerprint density at radius 1 is 1.50 bits per heavy atom. The number of hydrogen-bond donors (Lipinski definition) is 1. The summed E-state index contributed by atoms with van der Waals surface area (Å²) in [5.41, 5.74) is 4.08. The van der Waals surface area contributed by atoms with Crippen molar-refractivity contribution in [3.63, 3.8) is 0 Å². The summed E-state index contributed by atoms with van der Waals surface area (Å²) in [5.74, 6) is 0.571. The molecule has 1 atom stereocenters. The first-order chi connectivity index (χ1) is 8.41. The van der Waals surface area contributed by atoms with Gasteiger partial charge >= 0.3 is 0 Å². The van der Waals surface area contributed by atoms with E-state index in [2.05, 4.69) is 31.1 Å². The van der Waals surface area contributed by atoms with Gasteiger partial charge in [0.2, 0.25) is 0 Å². The van der Waals surface area contributed by atoms with E-state index in [4.69, 9.17) is 0 Å². The third-order valence-corrected chi connectivity index (χ3v) is 4.96. The Balaban J connectivity index is 2.16. The molecule has 100 valence electrons. The normalized spacial score (nSPS) is 19.4. The van der Waals surface area contributed by atoms with E-state index in [1.54, 1.807) is 11.3 Å². The summed E-state index contributed by atoms with van der Waals surface area (Å²) in [6.07, 6.45) is 3.42. The van der Waals surface area contributed by atoms with Gasteiger partial charge in [0.1, 0.15) is 0 Å². The average molecular weight is 267 g/mol. The van der Waals surface area contributed by atoms with Crippen LogP contribution in [0.5, 0.6) is 0 Å². The quantitative estimate of drug-likeness (QED) is 0.836. The van der Waals surface area contributed by atoms with E-state index in [9.17, 15) is 4.79 Å². The molecule has 0 fully saturated rings. The first-order valence-electron chi connectivity index (χ1n) is 6.36. The van der Waals surface area contributed by atoms with Crippen molar-refractivity contribution in [3.8, 4) is 0 Å². The van der Waals surface area contributed by atoms with Gasteiger partial charge in [-0.3, -0.25) is 9.63 Å². The Bertz CT molecular complexity index is 445. The zero-order chi connectivity index (χ0) is 13.3. The van der Waals surface area contributed by atoms with Crippen LogP contribution in [0.25, 0.3) is 0 Å². The molecule has 18 heavy (non-hydrogen) atoms. The van der Waals surface area contributed by atoms with Crippen LogP contribution in [0.3, 0.4) is 0 Å². The van der Waals surface area contributed by atoms with E-state index < -0.39 is 0 Å². The SMILES string of the molecule is CONC(=O)c1cc2c(s1)CCC(C(C)(C)C)C2. The fourth-order valence-electron chi connectivity index (χ4n) is 2.52. The highest BCUT2D eigenvalue weighted by Gasteiger charge is 2.30. The third-order valence-electron chi connectivity index (χ3n) is 3.73. The monoisotopic (exact) mass is 267 g/mol. The van der Waals surface area contributed by atoms with E-state index in [0.29, 0.717) is 11.3 Å². The lowest BCUT2D eigenvalue weighted by Crippen LogP contribution is -2.26. The molecule has 1 unspecified atom stereocenters. The minimum atomic E-state index is -0.135. The Labute approximate surface area is 112 Å². The summed E-state index contributed by atoms with van der Waals surface area (Å²) in [4.78, 5) is 18.5. The van der Waals surface area contributed by atoms with Crippen LogP contribution >= 0.6 is 11.3 Å². The van der Waals surface area contributed by atoms with Crippen molar-refractivity contribution in [1.29, 1.82) is 0 Å². The molecule has 0 radical (unpaired) electrons. The minimum absolute atomic E-state index is 0.135. The van der Waals surface area contributed by atoms with Crippen LogP contribution in [0.1, 0.15) is 47.3 Å². The maximum atomic E-state index is 11.7. The molecule has 3 nitrogen and oxygen atoms in total. The second-order valence-electron chi connectivity index (χ2n) is 6.00. The molecule has 2 rings (SSSR count). The van der Waals surface area contributed by atoms with Gasteiger partial charge in [0.25, 0.3) is 5.91 Å². The zero-order valence-corrected chi connectivity index (χ0v) is 12.3. The third kappa shape index (κ3) is 2.75. The van der Waals surface area contributed by atoms with E-state index in [1.165, 1.54) is 24.0 Å². The van der Waals surface area contributed by atoms with E-state index in [1.807, 2.05) is 6.07 Å². The van der Waals surface area contributed by atoms with Crippen molar-refractivity contribution in [2.75, 3.05) is 7.11 Å². The lowest BCUT2D eigenvalue weighted by atomic mass is 9.72. The molecule has 1 N–H and O–H groups in total. The summed E-state index contributed by atoms with van der Waals surface area (Å²) < 4.78 is 0. The molecule has 0 bridgehead atoms. The second-order valence-corrected chi connectivity index (χ2v) is 7.14. The zero-order valence-electron chi connectivity index (χ0n) is 11.5. The predicted octanol–water partition coefficient (Wildman–Crippen LogP) is 3.19. The first kappa shape index (κ1) is 13.6. The van der Waals surface area contributed by atoms with Crippen LogP contribution in [0.4, 0.5) is 0 Å². The molecule has 0 saturated heterocycles. The summed E-state index contributed by atoms with van der Waals surface area (Å²) in [6.45, 7) is 6.90. The Hall–Kier alpha value is -0.870. The van der Waals surface area contributed by atoms with Crippen LogP contribution in [-0.2, 0) is 17.7 Å². The lowest BCUT2D eigenvalue weighted by Gasteiger charge is -2.33. The van der Waals surface area contributed by atoms with Crippen molar-refractivity contribution < 1.29 is 9.63 Å². The summed E-state index contributed by atoms with van der Waals surface area (Å²) in [6, 6.07) is 2.03. The second kappa shape index (κ2) is 5.02. The van der Waals surface area contributed by atoms with Gasteiger partial charge in [-0.1, -0.05) is 20.8 Å². The number of hydroxylamine groups is 1. The van der Waals surface area contributed by atoms with Gasteiger partial charge in [0.05, 0.1) is 12.0 Å². The number of carbonyl (C=O) groups is 1. The molecule has 0 aromatic carbocycles. The van der Waals surface area contributed by atoms with Crippen molar-refractivity contribution in [1.82, 2.24) is 5.48 Å². The molecule has 1 aromatic heterocycles. The highest BCUT2D eigenvalue weighted by molar-refractivity contribution is 7.14. The van der Waals surface area contributed by atoms with Crippen LogP contribution in [0.2, 0.25) is 0 Å². The number of hydrogen-bond acceptors (Lipinski definition) is 3. The molecule has 1 aliphatic rings. The van der Waals surface area contributed by atoms with Gasteiger partial charge < -0.3 is 0 Å². The maximum absolute atomic E-state index is 11.7. The van der Waals surface area contributed by atoms with E-state index >= 15 is 0 Å². The van der Waals surface area contributed by atoms with Crippen LogP contribution < -0.4 is 5.48 Å². The number of rotatable bonds is 2. The first-order valence-corrected chi connectivity index (χ1v) is 7.18. The van der Waals surface area contributed by atoms with Gasteiger partial charge in [-0.25, -0.2) is 5.48 Å². The summed E-state index contributed by atoms with van der Waals surface area (Å²) in [7, 11) is 1.46. The average Bonchev–Trinajstić information content (AvgIpc) is 2.70. The number of fused-ring (bicyclic) bond motifs is 1. The summed E-state index contributed by atoms with van der Waals surface area (Å²) in [5, 5.41) is 0. The highest BCUT2D eigenvalue weighted by atomic mass is 32.1. The van der Waals surface area contributed by atoms with Gasteiger partial charge in [-0.2, -0.15) is 0 Å². The highest BCUT2D eigenvalue weighted by Crippen LogP contribution is 2.39. The van der Waals surface area contributed by atoms with Gasteiger partial charge in [-0.15, -0.1) is 11.3 Å². The number of aryl methyl sites for hydroxylation is 1. The summed E-state index contributed by atoms with van der Waals surface area (Å²) >= 11 is 1.60. The van der Waals surface area contributed by atoms with E-state index in [0.717, 1.165) is 17.7 Å². The smallest absolute Gasteiger partial charge is 0.277 e. The lowest BCUT2D eigenvalue weighted by molar-refractivity contribution is 0.0542. The molecular formula is C14H21NO2S. The van der Waals surface area contributed by atoms with Crippen molar-refractivity contribution in [2.24, 2.45) is 11.3 Å². The predicted molar refractivity (Wildman–Crippen MR) is 73.8 cm³/mol. The Morgan fingerprint density at radius 2 is 2.22 bits per heavy atom. The van der Waals surface area contributed by atoms with Gasteiger partial charge in [-0.05, 0) is 42.2 Å². The van der Waals surface area contributed by atoms with Crippen molar-refractivity contribution in [3.05, 3.63) is 21.4 Å². The standard InChI is InChI=1S/C14H21NO2S/c1-14(2,3)10-5-6-11-9(7-10)8-12(18-11)13(16)15-17-4/h8,10H,5-7H2,1-4H3,(H,15,16). The van der Waals surface area contributed by atoms with Crippen molar-refractivity contribution >= 4 is 17.2 Å². The molecule has 1 aromatic rings. The minimum Gasteiger partial charge on any atom is -0.277 e. The largest absolute Gasteiger partial charge is 0.284 e. The Morgan fingerprint density at radius 3 is 2.83 bits per heavy atom. The fraction of sp³-hybridized carbons (Fsp3) is 0.643. The van der Waals surface area contributed by atoms with E-state index in [-0.39, 0.29) is 5.91 Å². The number of thiophene rings is 1. The molecule has 0 saturated carbocycles. The Kier molecular flexibility index (Phi) is 3.78. The van der Waals surface area contributed by atoms with Crippen molar-refractivity contribution in [2.45, 2.75) is 40.0 Å². The van der Waals surface area contributed by atoms with Gasteiger partial charge in [0, 0.05) is 4.88 Å². The maximum Gasteiger partial charge on any atom is 0.284 e. The fourth-order valence-corrected chi connectivity index (χ4v) is 3.61. The molecule has 1 heterocycles. The molecule has 1 aliphatic carbocycles. The molecule has 1 amide bonds. The molecule has 0 spiro atoms. The van der Waals surface area contributed by atoms with Crippen LogP contribution in [0.15, 0.2) is 6.07 Å². The number of amides is 1. The van der Waals surface area contributed by atoms with Crippen LogP contribution in [-0.4, -0.2) is 13.0 Å². The number of nitrogens with one attached hydrogen (secondary N) is 1. The van der Waals surface area contributed by atoms with Crippen LogP contribution in [0, 0.1) is 11.3 Å². The molecule has 0 aliphatic heterocycles. The molecular weight excluding hydrogens is 246 g/mol. The molecule has 4 heteroatoms. The number of carbonyl (C=O) groups excluding carboxylic acids is 1. The van der Waals surface area contributed by atoms with Gasteiger partial charge in [0.15, 0.2) is 0 Å².